The minimum absolute atomic E-state index is 0.115. The van der Waals surface area contributed by atoms with Crippen LogP contribution >= 0.6 is 15.9 Å². The number of ether oxygens (including phenoxy) is 2. The number of rotatable bonds is 4. The van der Waals surface area contributed by atoms with Gasteiger partial charge in [-0.2, -0.15) is 0 Å². The SMILES string of the molecule is COC1(CC(Br)c2ccc3c(c2)CCO3)CCC1. The third-order valence-corrected chi connectivity index (χ3v) is 5.18. The van der Waals surface area contributed by atoms with Crippen LogP contribution in [0.5, 0.6) is 5.75 Å². The number of hydrogen-bond acceptors (Lipinski definition) is 2. The molecule has 0 bridgehead atoms. The number of alkyl halides is 1. The van der Waals surface area contributed by atoms with Crippen molar-refractivity contribution < 1.29 is 9.47 Å². The molecule has 1 aliphatic heterocycles. The van der Waals surface area contributed by atoms with Gasteiger partial charge in [0.25, 0.3) is 0 Å². The molecule has 2 aliphatic rings. The molecular weight excluding hydrogens is 292 g/mol. The van der Waals surface area contributed by atoms with Gasteiger partial charge >= 0.3 is 0 Å². The molecule has 1 aliphatic carbocycles. The monoisotopic (exact) mass is 310 g/mol. The summed E-state index contributed by atoms with van der Waals surface area (Å²) in [4.78, 5) is 0.378. The smallest absolute Gasteiger partial charge is 0.122 e. The van der Waals surface area contributed by atoms with Gasteiger partial charge < -0.3 is 9.47 Å². The lowest BCUT2D eigenvalue weighted by atomic mass is 9.76. The second-order valence-corrected chi connectivity index (χ2v) is 6.48. The summed E-state index contributed by atoms with van der Waals surface area (Å²) < 4.78 is 11.3. The molecule has 98 valence electrons. The fourth-order valence-corrected chi connectivity index (χ4v) is 3.78. The van der Waals surface area contributed by atoms with Crippen LogP contribution in [0.25, 0.3) is 0 Å². The van der Waals surface area contributed by atoms with Crippen molar-refractivity contribution in [1.82, 2.24) is 0 Å². The molecule has 1 aromatic carbocycles. The Balaban J connectivity index is 1.74. The van der Waals surface area contributed by atoms with E-state index in [1.807, 2.05) is 7.11 Å². The summed E-state index contributed by atoms with van der Waals surface area (Å²) in [5.41, 5.74) is 2.81. The van der Waals surface area contributed by atoms with Crippen molar-refractivity contribution in [2.45, 2.75) is 42.5 Å². The van der Waals surface area contributed by atoms with Gasteiger partial charge in [-0.25, -0.2) is 0 Å². The van der Waals surface area contributed by atoms with Gasteiger partial charge in [0.2, 0.25) is 0 Å². The normalized spacial score (nSPS) is 21.9. The molecule has 0 radical (unpaired) electrons. The maximum atomic E-state index is 5.70. The summed E-state index contributed by atoms with van der Waals surface area (Å²) in [5, 5.41) is 0. The van der Waals surface area contributed by atoms with Gasteiger partial charge in [0.15, 0.2) is 0 Å². The van der Waals surface area contributed by atoms with Gasteiger partial charge in [0, 0.05) is 18.4 Å². The first-order valence-corrected chi connectivity index (χ1v) is 7.59. The predicted octanol–water partition coefficient (Wildman–Crippen LogP) is 4.02. The molecule has 1 aromatic rings. The van der Waals surface area contributed by atoms with Crippen LogP contribution in [0.1, 0.15) is 41.6 Å². The van der Waals surface area contributed by atoms with E-state index in [2.05, 4.69) is 34.1 Å². The van der Waals surface area contributed by atoms with E-state index in [-0.39, 0.29) is 5.60 Å². The molecule has 1 saturated carbocycles. The number of fused-ring (bicyclic) bond motifs is 1. The van der Waals surface area contributed by atoms with E-state index in [9.17, 15) is 0 Å². The average Bonchev–Trinajstić information content (AvgIpc) is 2.80. The highest BCUT2D eigenvalue weighted by molar-refractivity contribution is 9.09. The summed E-state index contributed by atoms with van der Waals surface area (Å²) in [6, 6.07) is 6.56. The number of hydrogen-bond donors (Lipinski definition) is 0. The second kappa shape index (κ2) is 4.86. The minimum atomic E-state index is 0.115. The van der Waals surface area contributed by atoms with Crippen molar-refractivity contribution in [3.8, 4) is 5.75 Å². The Morgan fingerprint density at radius 1 is 1.44 bits per heavy atom. The average molecular weight is 311 g/mol. The lowest BCUT2D eigenvalue weighted by Crippen LogP contribution is -2.39. The fraction of sp³-hybridized carbons (Fsp3) is 0.600. The van der Waals surface area contributed by atoms with Gasteiger partial charge in [-0.1, -0.05) is 28.1 Å². The highest BCUT2D eigenvalue weighted by Crippen LogP contribution is 2.45. The highest BCUT2D eigenvalue weighted by atomic mass is 79.9. The molecule has 0 N–H and O–H groups in total. The van der Waals surface area contributed by atoms with Crippen molar-refractivity contribution in [3.05, 3.63) is 29.3 Å². The number of halogens is 1. The minimum Gasteiger partial charge on any atom is -0.493 e. The van der Waals surface area contributed by atoms with Crippen LogP contribution in [-0.4, -0.2) is 19.3 Å². The first-order chi connectivity index (χ1) is 8.72. The summed E-state index contributed by atoms with van der Waals surface area (Å²) in [5.74, 6) is 1.06. The van der Waals surface area contributed by atoms with Crippen LogP contribution < -0.4 is 4.74 Å². The van der Waals surface area contributed by atoms with Crippen molar-refractivity contribution in [3.63, 3.8) is 0 Å². The molecule has 1 heterocycles. The number of benzene rings is 1. The van der Waals surface area contributed by atoms with E-state index in [1.165, 1.54) is 30.4 Å². The fourth-order valence-electron chi connectivity index (χ4n) is 2.91. The van der Waals surface area contributed by atoms with Crippen molar-refractivity contribution in [2.75, 3.05) is 13.7 Å². The summed E-state index contributed by atoms with van der Waals surface area (Å²) in [6.07, 6.45) is 5.78. The van der Waals surface area contributed by atoms with Crippen LogP contribution in [0.2, 0.25) is 0 Å². The van der Waals surface area contributed by atoms with Crippen molar-refractivity contribution in [2.24, 2.45) is 0 Å². The van der Waals surface area contributed by atoms with E-state index < -0.39 is 0 Å². The van der Waals surface area contributed by atoms with Gasteiger partial charge in [-0.15, -0.1) is 0 Å². The highest BCUT2D eigenvalue weighted by Gasteiger charge is 2.38. The molecule has 1 atom stereocenters. The third kappa shape index (κ3) is 2.19. The van der Waals surface area contributed by atoms with Crippen LogP contribution in [0, 0.1) is 0 Å². The third-order valence-electron chi connectivity index (χ3n) is 4.32. The Bertz CT molecular complexity index is 435. The first-order valence-electron chi connectivity index (χ1n) is 6.67. The van der Waals surface area contributed by atoms with Gasteiger partial charge in [0.05, 0.1) is 12.2 Å². The zero-order chi connectivity index (χ0) is 12.6. The largest absolute Gasteiger partial charge is 0.493 e. The second-order valence-electron chi connectivity index (χ2n) is 5.38. The van der Waals surface area contributed by atoms with Crippen LogP contribution in [-0.2, 0) is 11.2 Å². The Hall–Kier alpha value is -0.540. The van der Waals surface area contributed by atoms with Gasteiger partial charge in [-0.3, -0.25) is 0 Å². The Morgan fingerprint density at radius 2 is 2.28 bits per heavy atom. The first kappa shape index (κ1) is 12.5. The molecule has 0 spiro atoms. The molecule has 0 amide bonds. The number of methoxy groups -OCH3 is 1. The summed E-state index contributed by atoms with van der Waals surface area (Å²) in [6.45, 7) is 0.827. The topological polar surface area (TPSA) is 18.5 Å². The zero-order valence-electron chi connectivity index (χ0n) is 10.7. The molecular formula is C15H19BrO2. The van der Waals surface area contributed by atoms with Crippen molar-refractivity contribution in [1.29, 1.82) is 0 Å². The van der Waals surface area contributed by atoms with Crippen LogP contribution in [0.15, 0.2) is 18.2 Å². The molecule has 1 fully saturated rings. The molecule has 18 heavy (non-hydrogen) atoms. The van der Waals surface area contributed by atoms with Crippen LogP contribution in [0.3, 0.4) is 0 Å². The summed E-state index contributed by atoms with van der Waals surface area (Å²) >= 11 is 3.82. The standard InChI is InChI=1S/C15H19BrO2/c1-17-15(6-2-7-15)10-13(16)11-3-4-14-12(9-11)5-8-18-14/h3-4,9,13H,2,5-8,10H2,1H3. The maximum absolute atomic E-state index is 5.70. The van der Waals surface area contributed by atoms with Crippen LogP contribution in [0.4, 0.5) is 0 Å². The van der Waals surface area contributed by atoms with Gasteiger partial charge in [0.1, 0.15) is 5.75 Å². The maximum Gasteiger partial charge on any atom is 0.122 e. The molecule has 3 heteroatoms. The Kier molecular flexibility index (Phi) is 3.37. The van der Waals surface area contributed by atoms with E-state index in [1.54, 1.807) is 0 Å². The molecule has 0 aromatic heterocycles. The van der Waals surface area contributed by atoms with E-state index in [0.717, 1.165) is 25.2 Å². The summed E-state index contributed by atoms with van der Waals surface area (Å²) in [7, 11) is 1.84. The van der Waals surface area contributed by atoms with E-state index >= 15 is 0 Å². The molecule has 2 nitrogen and oxygen atoms in total. The van der Waals surface area contributed by atoms with E-state index in [4.69, 9.17) is 9.47 Å². The van der Waals surface area contributed by atoms with Crippen molar-refractivity contribution >= 4 is 15.9 Å². The Morgan fingerprint density at radius 3 is 2.94 bits per heavy atom. The quantitative estimate of drug-likeness (QED) is 0.782. The lowest BCUT2D eigenvalue weighted by molar-refractivity contribution is -0.0773. The van der Waals surface area contributed by atoms with E-state index in [0.29, 0.717) is 4.83 Å². The lowest BCUT2D eigenvalue weighted by Gasteiger charge is -2.42. The molecule has 3 rings (SSSR count). The Labute approximate surface area is 117 Å². The molecule has 0 saturated heterocycles. The molecule has 1 unspecified atom stereocenters. The van der Waals surface area contributed by atoms with Gasteiger partial charge in [-0.05, 0) is 42.9 Å². The predicted molar refractivity (Wildman–Crippen MR) is 75.5 cm³/mol. The zero-order valence-corrected chi connectivity index (χ0v) is 12.3.